The first kappa shape index (κ1) is 18.5. The lowest BCUT2D eigenvalue weighted by molar-refractivity contribution is -0.384. The number of carbonyl (C=O) groups excluding carboxylic acids is 1. The summed E-state index contributed by atoms with van der Waals surface area (Å²) in [5.74, 6) is -0.198. The van der Waals surface area contributed by atoms with Crippen LogP contribution in [-0.4, -0.2) is 27.5 Å². The van der Waals surface area contributed by atoms with Crippen molar-refractivity contribution >= 4 is 38.8 Å². The second-order valence-electron chi connectivity index (χ2n) is 5.67. The van der Waals surface area contributed by atoms with Crippen LogP contribution >= 0.6 is 11.3 Å². The van der Waals surface area contributed by atoms with E-state index < -0.39 is 10.8 Å². The van der Waals surface area contributed by atoms with Gasteiger partial charge in [0.2, 0.25) is 0 Å². The number of nitro groups is 1. The van der Waals surface area contributed by atoms with Gasteiger partial charge in [0.1, 0.15) is 10.6 Å². The van der Waals surface area contributed by atoms with Gasteiger partial charge in [-0.05, 0) is 25.5 Å². The molecule has 0 spiro atoms. The molecule has 0 aliphatic rings. The highest BCUT2D eigenvalue weighted by atomic mass is 32.1. The van der Waals surface area contributed by atoms with Crippen molar-refractivity contribution in [2.45, 2.75) is 20.4 Å². The van der Waals surface area contributed by atoms with E-state index in [0.29, 0.717) is 33.0 Å². The topological polar surface area (TPSA) is 116 Å². The molecule has 0 unspecified atom stereocenters. The van der Waals surface area contributed by atoms with Gasteiger partial charge in [-0.2, -0.15) is 0 Å². The Balaban J connectivity index is 2.04. The predicted molar refractivity (Wildman–Crippen MR) is 102 cm³/mol. The zero-order valence-corrected chi connectivity index (χ0v) is 15.6. The molecule has 1 N–H and O–H groups in total. The molecule has 0 saturated carbocycles. The van der Waals surface area contributed by atoms with Crippen molar-refractivity contribution in [2.24, 2.45) is 0 Å². The molecular formula is C17H16N4O5S. The van der Waals surface area contributed by atoms with E-state index in [0.717, 1.165) is 11.3 Å². The summed E-state index contributed by atoms with van der Waals surface area (Å²) in [6.45, 7) is 3.99. The van der Waals surface area contributed by atoms with Gasteiger partial charge in [0, 0.05) is 18.7 Å². The van der Waals surface area contributed by atoms with Gasteiger partial charge in [-0.25, -0.2) is 4.98 Å². The molecule has 3 rings (SSSR count). The molecule has 0 radical (unpaired) electrons. The molecule has 0 aliphatic heterocycles. The number of hydrogen-bond acceptors (Lipinski definition) is 7. The van der Waals surface area contributed by atoms with Gasteiger partial charge in [0.25, 0.3) is 17.2 Å². The average Bonchev–Trinajstić information content (AvgIpc) is 2.99. The minimum atomic E-state index is -0.559. The summed E-state index contributed by atoms with van der Waals surface area (Å²) >= 11 is 1.10. The van der Waals surface area contributed by atoms with Gasteiger partial charge >= 0.3 is 0 Å². The highest BCUT2D eigenvalue weighted by Crippen LogP contribution is 2.32. The molecule has 0 fully saturated rings. The molecule has 0 atom stereocenters. The number of benzene rings is 1. The number of non-ortho nitro benzene ring substituents is 1. The fourth-order valence-corrected chi connectivity index (χ4v) is 3.72. The largest absolute Gasteiger partial charge is 0.495 e. The monoisotopic (exact) mass is 388 g/mol. The van der Waals surface area contributed by atoms with Crippen LogP contribution in [0, 0.1) is 17.0 Å². The third-order valence-electron chi connectivity index (χ3n) is 4.11. The third kappa shape index (κ3) is 3.26. The highest BCUT2D eigenvalue weighted by molar-refractivity contribution is 7.20. The van der Waals surface area contributed by atoms with E-state index in [9.17, 15) is 19.7 Å². The first-order valence-electron chi connectivity index (χ1n) is 7.99. The molecule has 0 bridgehead atoms. The molecule has 140 valence electrons. The van der Waals surface area contributed by atoms with Crippen molar-refractivity contribution in [1.29, 1.82) is 0 Å². The molecule has 1 aromatic carbocycles. The lowest BCUT2D eigenvalue weighted by Gasteiger charge is -2.09. The lowest BCUT2D eigenvalue weighted by Crippen LogP contribution is -2.19. The summed E-state index contributed by atoms with van der Waals surface area (Å²) in [6, 6.07) is 3.92. The Hall–Kier alpha value is -3.27. The average molecular weight is 388 g/mol. The Morgan fingerprint density at radius 1 is 1.44 bits per heavy atom. The summed E-state index contributed by atoms with van der Waals surface area (Å²) in [5, 5.41) is 14.0. The molecule has 2 aromatic heterocycles. The molecule has 0 saturated heterocycles. The van der Waals surface area contributed by atoms with Crippen molar-refractivity contribution in [1.82, 2.24) is 9.55 Å². The van der Waals surface area contributed by atoms with Crippen LogP contribution < -0.4 is 15.6 Å². The van der Waals surface area contributed by atoms with E-state index in [2.05, 4.69) is 10.3 Å². The van der Waals surface area contributed by atoms with E-state index in [1.807, 2.05) is 6.92 Å². The summed E-state index contributed by atoms with van der Waals surface area (Å²) in [6.07, 6.45) is 1.45. The molecule has 2 heterocycles. The van der Waals surface area contributed by atoms with Crippen molar-refractivity contribution in [3.05, 3.63) is 55.4 Å². The molecule has 27 heavy (non-hydrogen) atoms. The van der Waals surface area contributed by atoms with Gasteiger partial charge in [0.05, 0.1) is 34.3 Å². The van der Waals surface area contributed by atoms with Gasteiger partial charge in [-0.3, -0.25) is 24.3 Å². The predicted octanol–water partition coefficient (Wildman–Crippen LogP) is 2.96. The maximum Gasteiger partial charge on any atom is 0.271 e. The number of ether oxygens (including phenoxy) is 1. The quantitative estimate of drug-likeness (QED) is 0.530. The third-order valence-corrected chi connectivity index (χ3v) is 5.30. The number of aryl methyl sites for hydroxylation is 2. The molecule has 0 aliphatic carbocycles. The minimum absolute atomic E-state index is 0.174. The van der Waals surface area contributed by atoms with Crippen LogP contribution in [0.15, 0.2) is 29.3 Å². The van der Waals surface area contributed by atoms with E-state index in [-0.39, 0.29) is 16.9 Å². The van der Waals surface area contributed by atoms with Crippen LogP contribution in [0.25, 0.3) is 10.2 Å². The fraction of sp³-hybridized carbons (Fsp3) is 0.235. The van der Waals surface area contributed by atoms with E-state index >= 15 is 0 Å². The van der Waals surface area contributed by atoms with E-state index in [1.165, 1.54) is 36.2 Å². The Morgan fingerprint density at radius 2 is 2.19 bits per heavy atom. The van der Waals surface area contributed by atoms with Gasteiger partial charge in [-0.1, -0.05) is 0 Å². The van der Waals surface area contributed by atoms with Crippen LogP contribution in [0.1, 0.15) is 22.2 Å². The Morgan fingerprint density at radius 3 is 2.81 bits per heavy atom. The van der Waals surface area contributed by atoms with Gasteiger partial charge in [-0.15, -0.1) is 11.3 Å². The minimum Gasteiger partial charge on any atom is -0.495 e. The summed E-state index contributed by atoms with van der Waals surface area (Å²) in [4.78, 5) is 40.7. The number of rotatable bonds is 5. The first-order valence-corrected chi connectivity index (χ1v) is 8.81. The normalized spacial score (nSPS) is 10.8. The number of fused-ring (bicyclic) bond motifs is 1. The fourth-order valence-electron chi connectivity index (χ4n) is 2.69. The number of methoxy groups -OCH3 is 1. The Labute approximate surface area is 157 Å². The Kier molecular flexibility index (Phi) is 4.91. The second-order valence-corrected chi connectivity index (χ2v) is 6.67. The second kappa shape index (κ2) is 7.16. The SMILES string of the molecule is CCn1cnc2sc(C(=O)Nc3cc([N+](=O)[O-])ccc3OC)c(C)c2c1=O. The molecular weight excluding hydrogens is 372 g/mol. The number of hydrogen-bond donors (Lipinski definition) is 1. The number of thiophene rings is 1. The van der Waals surface area contributed by atoms with Crippen molar-refractivity contribution in [3.63, 3.8) is 0 Å². The lowest BCUT2D eigenvalue weighted by atomic mass is 10.2. The number of amides is 1. The number of nitro benzene ring substituents is 1. The zero-order valence-electron chi connectivity index (χ0n) is 14.8. The van der Waals surface area contributed by atoms with Crippen LogP contribution in [-0.2, 0) is 6.54 Å². The van der Waals surface area contributed by atoms with Crippen LogP contribution in [0.4, 0.5) is 11.4 Å². The first-order chi connectivity index (χ1) is 12.9. The maximum absolute atomic E-state index is 12.8. The Bertz CT molecular complexity index is 1120. The van der Waals surface area contributed by atoms with Crippen LogP contribution in [0.3, 0.4) is 0 Å². The summed E-state index contributed by atoms with van der Waals surface area (Å²) in [7, 11) is 1.40. The number of anilines is 1. The van der Waals surface area contributed by atoms with Crippen molar-refractivity contribution in [3.8, 4) is 5.75 Å². The molecule has 1 amide bonds. The molecule has 10 heteroatoms. The van der Waals surface area contributed by atoms with Crippen LogP contribution in [0.2, 0.25) is 0 Å². The zero-order chi connectivity index (χ0) is 19.7. The van der Waals surface area contributed by atoms with Gasteiger partial charge < -0.3 is 10.1 Å². The van der Waals surface area contributed by atoms with Crippen molar-refractivity contribution in [2.75, 3.05) is 12.4 Å². The number of carbonyl (C=O) groups is 1. The summed E-state index contributed by atoms with van der Waals surface area (Å²) in [5.41, 5.74) is 0.319. The van der Waals surface area contributed by atoms with E-state index in [1.54, 1.807) is 6.92 Å². The van der Waals surface area contributed by atoms with E-state index in [4.69, 9.17) is 4.74 Å². The maximum atomic E-state index is 12.8. The molecule has 3 aromatic rings. The highest BCUT2D eigenvalue weighted by Gasteiger charge is 2.21. The summed E-state index contributed by atoms with van der Waals surface area (Å²) < 4.78 is 6.62. The smallest absolute Gasteiger partial charge is 0.271 e. The standard InChI is InChI=1S/C17H16N4O5S/c1-4-20-8-18-16-13(17(20)23)9(2)14(27-16)15(22)19-11-7-10(21(24)25)5-6-12(11)26-3/h5-8H,4H2,1-3H3,(H,19,22). The number of aromatic nitrogens is 2. The van der Waals surface area contributed by atoms with Crippen molar-refractivity contribution < 1.29 is 14.5 Å². The van der Waals surface area contributed by atoms with Crippen LogP contribution in [0.5, 0.6) is 5.75 Å². The molecule has 9 nitrogen and oxygen atoms in total. The van der Waals surface area contributed by atoms with Gasteiger partial charge in [0.15, 0.2) is 0 Å². The number of nitrogens with one attached hydrogen (secondary N) is 1. The number of nitrogens with zero attached hydrogens (tertiary/aromatic N) is 3.